The second-order valence-electron chi connectivity index (χ2n) is 6.50. The largest absolute Gasteiger partial charge is 0.398 e. The summed E-state index contributed by atoms with van der Waals surface area (Å²) in [4.78, 5) is 3.64. The number of aromatic amines is 1. The SMILES string of the molecule is CCCCCc1[nH]c2ccccc2c1-c1cc(C)c(N)c(C)c1. The molecule has 0 unspecified atom stereocenters. The predicted octanol–water partition coefficient (Wildman–Crippen LogP) is 5.77. The van der Waals surface area contributed by atoms with Crippen LogP contribution in [0.15, 0.2) is 36.4 Å². The van der Waals surface area contributed by atoms with Gasteiger partial charge in [0, 0.05) is 27.8 Å². The molecular weight excluding hydrogens is 280 g/mol. The van der Waals surface area contributed by atoms with Crippen LogP contribution in [0.1, 0.15) is 43.0 Å². The lowest BCUT2D eigenvalue weighted by atomic mass is 9.95. The molecule has 0 aliphatic rings. The molecule has 3 rings (SSSR count). The molecule has 2 heteroatoms. The molecule has 1 heterocycles. The van der Waals surface area contributed by atoms with Crippen molar-refractivity contribution in [3.05, 3.63) is 53.2 Å². The Balaban J connectivity index is 2.16. The first kappa shape index (κ1) is 15.7. The topological polar surface area (TPSA) is 41.8 Å². The number of H-pyrrole nitrogens is 1. The van der Waals surface area contributed by atoms with Gasteiger partial charge >= 0.3 is 0 Å². The maximum Gasteiger partial charge on any atom is 0.0462 e. The van der Waals surface area contributed by atoms with E-state index in [-0.39, 0.29) is 0 Å². The molecule has 3 N–H and O–H groups in total. The van der Waals surface area contributed by atoms with Gasteiger partial charge in [0.1, 0.15) is 0 Å². The van der Waals surface area contributed by atoms with Gasteiger partial charge in [0.15, 0.2) is 0 Å². The van der Waals surface area contributed by atoms with E-state index in [1.807, 2.05) is 0 Å². The maximum atomic E-state index is 6.15. The molecule has 0 fully saturated rings. The summed E-state index contributed by atoms with van der Waals surface area (Å²) in [7, 11) is 0. The number of hydrogen-bond donors (Lipinski definition) is 2. The van der Waals surface area contributed by atoms with Crippen molar-refractivity contribution in [3.8, 4) is 11.1 Å². The highest BCUT2D eigenvalue weighted by molar-refractivity contribution is 5.98. The highest BCUT2D eigenvalue weighted by Gasteiger charge is 2.14. The molecule has 0 atom stereocenters. The minimum Gasteiger partial charge on any atom is -0.398 e. The summed E-state index contributed by atoms with van der Waals surface area (Å²) in [5.74, 6) is 0. The maximum absolute atomic E-state index is 6.15. The lowest BCUT2D eigenvalue weighted by molar-refractivity contribution is 0.711. The molecule has 0 amide bonds. The van der Waals surface area contributed by atoms with E-state index in [1.54, 1.807) is 0 Å². The number of nitrogen functional groups attached to an aromatic ring is 1. The Morgan fingerprint density at radius 3 is 2.39 bits per heavy atom. The molecule has 0 aliphatic heterocycles. The Hall–Kier alpha value is -2.22. The van der Waals surface area contributed by atoms with Gasteiger partial charge in [-0.2, -0.15) is 0 Å². The number of rotatable bonds is 5. The van der Waals surface area contributed by atoms with Crippen LogP contribution in [0.3, 0.4) is 0 Å². The van der Waals surface area contributed by atoms with Crippen LogP contribution in [0.25, 0.3) is 22.0 Å². The average molecular weight is 306 g/mol. The smallest absolute Gasteiger partial charge is 0.0462 e. The van der Waals surface area contributed by atoms with Gasteiger partial charge in [-0.1, -0.05) is 38.0 Å². The van der Waals surface area contributed by atoms with Crippen LogP contribution < -0.4 is 5.73 Å². The summed E-state index contributed by atoms with van der Waals surface area (Å²) < 4.78 is 0. The summed E-state index contributed by atoms with van der Waals surface area (Å²) in [5.41, 5.74) is 14.6. The zero-order chi connectivity index (χ0) is 16.4. The fraction of sp³-hybridized carbons (Fsp3) is 0.333. The van der Waals surface area contributed by atoms with Crippen LogP contribution in [0.2, 0.25) is 0 Å². The van der Waals surface area contributed by atoms with Crippen molar-refractivity contribution in [1.29, 1.82) is 0 Å². The Labute approximate surface area is 138 Å². The Kier molecular flexibility index (Phi) is 4.42. The van der Waals surface area contributed by atoms with E-state index in [4.69, 9.17) is 5.73 Å². The first-order valence-corrected chi connectivity index (χ1v) is 8.58. The zero-order valence-corrected chi connectivity index (χ0v) is 14.4. The molecule has 23 heavy (non-hydrogen) atoms. The number of aromatic nitrogens is 1. The van der Waals surface area contributed by atoms with Crippen LogP contribution in [-0.4, -0.2) is 4.98 Å². The molecule has 120 valence electrons. The third kappa shape index (κ3) is 2.98. The van der Waals surface area contributed by atoms with Crippen molar-refractivity contribution < 1.29 is 0 Å². The normalized spacial score (nSPS) is 11.3. The van der Waals surface area contributed by atoms with E-state index in [2.05, 4.69) is 62.2 Å². The van der Waals surface area contributed by atoms with Gasteiger partial charge in [-0.25, -0.2) is 0 Å². The van der Waals surface area contributed by atoms with Crippen LogP contribution in [-0.2, 0) is 6.42 Å². The number of aryl methyl sites for hydroxylation is 3. The van der Waals surface area contributed by atoms with Crippen molar-refractivity contribution in [1.82, 2.24) is 4.98 Å². The monoisotopic (exact) mass is 306 g/mol. The number of anilines is 1. The number of fused-ring (bicyclic) bond motifs is 1. The third-order valence-corrected chi connectivity index (χ3v) is 4.70. The van der Waals surface area contributed by atoms with E-state index in [0.29, 0.717) is 0 Å². The zero-order valence-electron chi connectivity index (χ0n) is 14.4. The van der Waals surface area contributed by atoms with E-state index < -0.39 is 0 Å². The molecule has 0 aliphatic carbocycles. The number of para-hydroxylation sites is 1. The second kappa shape index (κ2) is 6.49. The Morgan fingerprint density at radius 2 is 1.70 bits per heavy atom. The van der Waals surface area contributed by atoms with Crippen molar-refractivity contribution in [2.75, 3.05) is 5.73 Å². The third-order valence-electron chi connectivity index (χ3n) is 4.70. The molecule has 0 radical (unpaired) electrons. The summed E-state index contributed by atoms with van der Waals surface area (Å²) in [6.45, 7) is 6.44. The lowest BCUT2D eigenvalue weighted by Crippen LogP contribution is -1.96. The number of nitrogens with one attached hydrogen (secondary N) is 1. The average Bonchev–Trinajstić information content (AvgIpc) is 2.90. The van der Waals surface area contributed by atoms with Gasteiger partial charge < -0.3 is 10.7 Å². The van der Waals surface area contributed by atoms with Gasteiger partial charge in [-0.05, 0) is 61.6 Å². The fourth-order valence-electron chi connectivity index (χ4n) is 3.39. The standard InChI is InChI=1S/C21H26N2/c1-4-5-6-11-19-20(17-9-7-8-10-18(17)23-19)16-12-14(2)21(22)15(3)13-16/h7-10,12-13,23H,4-6,11,22H2,1-3H3. The number of unbranched alkanes of at least 4 members (excludes halogenated alkanes) is 2. The molecule has 2 nitrogen and oxygen atoms in total. The van der Waals surface area contributed by atoms with Crippen LogP contribution >= 0.6 is 0 Å². The van der Waals surface area contributed by atoms with Gasteiger partial charge in [0.25, 0.3) is 0 Å². The van der Waals surface area contributed by atoms with Crippen LogP contribution in [0.5, 0.6) is 0 Å². The van der Waals surface area contributed by atoms with Gasteiger partial charge in [-0.3, -0.25) is 0 Å². The molecule has 0 bridgehead atoms. The molecule has 1 aromatic heterocycles. The highest BCUT2D eigenvalue weighted by Crippen LogP contribution is 2.35. The number of nitrogens with two attached hydrogens (primary N) is 1. The van der Waals surface area contributed by atoms with Crippen LogP contribution in [0.4, 0.5) is 5.69 Å². The second-order valence-corrected chi connectivity index (χ2v) is 6.50. The fourth-order valence-corrected chi connectivity index (χ4v) is 3.39. The van der Waals surface area contributed by atoms with Crippen molar-refractivity contribution in [3.63, 3.8) is 0 Å². The minimum absolute atomic E-state index is 0.904. The lowest BCUT2D eigenvalue weighted by Gasteiger charge is -2.11. The van der Waals surface area contributed by atoms with E-state index in [9.17, 15) is 0 Å². The first-order chi connectivity index (χ1) is 11.1. The van der Waals surface area contributed by atoms with Crippen molar-refractivity contribution >= 4 is 16.6 Å². The van der Waals surface area contributed by atoms with Crippen LogP contribution in [0, 0.1) is 13.8 Å². The summed E-state index contributed by atoms with van der Waals surface area (Å²) in [6, 6.07) is 13.0. The Morgan fingerprint density at radius 1 is 1.00 bits per heavy atom. The Bertz CT molecular complexity index is 804. The molecule has 3 aromatic rings. The van der Waals surface area contributed by atoms with Crippen molar-refractivity contribution in [2.45, 2.75) is 46.5 Å². The number of benzene rings is 2. The molecule has 2 aromatic carbocycles. The van der Waals surface area contributed by atoms with E-state index in [1.165, 1.54) is 47.0 Å². The van der Waals surface area contributed by atoms with Gasteiger partial charge in [0.2, 0.25) is 0 Å². The quantitative estimate of drug-likeness (QED) is 0.456. The van der Waals surface area contributed by atoms with E-state index in [0.717, 1.165) is 23.2 Å². The first-order valence-electron chi connectivity index (χ1n) is 8.58. The predicted molar refractivity (Wildman–Crippen MR) is 101 cm³/mol. The van der Waals surface area contributed by atoms with Gasteiger partial charge in [0.05, 0.1) is 0 Å². The number of hydrogen-bond acceptors (Lipinski definition) is 1. The minimum atomic E-state index is 0.904. The molecule has 0 saturated carbocycles. The summed E-state index contributed by atoms with van der Waals surface area (Å²) in [6.07, 6.45) is 4.84. The summed E-state index contributed by atoms with van der Waals surface area (Å²) >= 11 is 0. The highest BCUT2D eigenvalue weighted by atomic mass is 14.7. The molecule has 0 spiro atoms. The molecular formula is C21H26N2. The summed E-state index contributed by atoms with van der Waals surface area (Å²) in [5, 5.41) is 1.31. The molecule has 0 saturated heterocycles. The van der Waals surface area contributed by atoms with Gasteiger partial charge in [-0.15, -0.1) is 0 Å². The van der Waals surface area contributed by atoms with E-state index >= 15 is 0 Å². The van der Waals surface area contributed by atoms with Crippen molar-refractivity contribution in [2.24, 2.45) is 0 Å².